The summed E-state index contributed by atoms with van der Waals surface area (Å²) in [6.45, 7) is 0. The topological polar surface area (TPSA) is 96.2 Å². The number of rotatable bonds is 3. The summed E-state index contributed by atoms with van der Waals surface area (Å²) in [5.41, 5.74) is 2.12. The van der Waals surface area contributed by atoms with Gasteiger partial charge in [-0.2, -0.15) is 0 Å². The maximum absolute atomic E-state index is 12.9. The third kappa shape index (κ3) is 2.67. The van der Waals surface area contributed by atoms with Gasteiger partial charge < -0.3 is 14.8 Å². The fraction of sp³-hybridized carbons (Fsp3) is 0.130. The number of aromatic amines is 2. The van der Waals surface area contributed by atoms with Crippen LogP contribution in [-0.2, 0) is 0 Å². The van der Waals surface area contributed by atoms with E-state index >= 15 is 0 Å². The summed E-state index contributed by atoms with van der Waals surface area (Å²) < 4.78 is 10.9. The molecule has 7 nitrogen and oxygen atoms in total. The molecule has 1 aliphatic heterocycles. The maximum Gasteiger partial charge on any atom is 0.327 e. The smallest absolute Gasteiger partial charge is 0.327 e. The third-order valence-corrected chi connectivity index (χ3v) is 5.53. The van der Waals surface area contributed by atoms with Crippen molar-refractivity contribution >= 4 is 22.3 Å². The number of aromatic nitrogens is 2. The predicted octanol–water partition coefficient (Wildman–Crippen LogP) is 3.47. The van der Waals surface area contributed by atoms with Crippen LogP contribution in [0.15, 0.2) is 64.2 Å². The third-order valence-electron chi connectivity index (χ3n) is 5.53. The second-order valence-electron chi connectivity index (χ2n) is 7.12. The van der Waals surface area contributed by atoms with E-state index in [-0.39, 0.29) is 0 Å². The molecule has 0 spiro atoms. The van der Waals surface area contributed by atoms with Crippen molar-refractivity contribution in [1.82, 2.24) is 9.97 Å². The molecule has 0 unspecified atom stereocenters. The minimum Gasteiger partial charge on any atom is -0.493 e. The van der Waals surface area contributed by atoms with E-state index in [9.17, 15) is 9.59 Å². The van der Waals surface area contributed by atoms with Gasteiger partial charge in [-0.3, -0.25) is 14.8 Å². The van der Waals surface area contributed by atoms with Gasteiger partial charge in [0.05, 0.1) is 19.8 Å². The van der Waals surface area contributed by atoms with Crippen LogP contribution in [-0.4, -0.2) is 24.2 Å². The standard InChI is InChI=1S/C23H19N3O4/c1-29-16-10-8-13(11-17(16)30-2)18-19-14-6-4-3-5-12(14)7-9-15(19)24-21-20(18)22(27)26-23(28)25-21/h3-11,18H,1-2H3,(H3,24,25,26,27,28)/t18-/m0/s1. The highest BCUT2D eigenvalue weighted by Crippen LogP contribution is 2.46. The Kier molecular flexibility index (Phi) is 4.10. The Hall–Kier alpha value is -4.00. The molecule has 1 atom stereocenters. The Morgan fingerprint density at radius 3 is 2.43 bits per heavy atom. The van der Waals surface area contributed by atoms with Crippen molar-refractivity contribution in [1.29, 1.82) is 0 Å². The van der Waals surface area contributed by atoms with E-state index in [0.29, 0.717) is 22.9 Å². The Bertz CT molecular complexity index is 1400. The molecule has 0 aliphatic carbocycles. The van der Waals surface area contributed by atoms with E-state index in [1.165, 1.54) is 0 Å². The van der Waals surface area contributed by atoms with Crippen LogP contribution in [0.2, 0.25) is 0 Å². The SMILES string of the molecule is COc1ccc([C@@H]2c3c([nH]c(=O)[nH]c3=O)Nc3ccc4ccccc4c32)cc1OC. The number of ether oxygens (including phenoxy) is 2. The van der Waals surface area contributed by atoms with Crippen LogP contribution >= 0.6 is 0 Å². The second-order valence-corrected chi connectivity index (χ2v) is 7.12. The lowest BCUT2D eigenvalue weighted by Crippen LogP contribution is -2.32. The fourth-order valence-corrected chi connectivity index (χ4v) is 4.23. The molecule has 0 radical (unpaired) electrons. The van der Waals surface area contributed by atoms with Gasteiger partial charge in [0.2, 0.25) is 0 Å². The van der Waals surface area contributed by atoms with Gasteiger partial charge in [-0.05, 0) is 40.1 Å². The molecule has 7 heteroatoms. The monoisotopic (exact) mass is 401 g/mol. The largest absolute Gasteiger partial charge is 0.493 e. The molecule has 5 rings (SSSR count). The van der Waals surface area contributed by atoms with Gasteiger partial charge in [0.15, 0.2) is 11.5 Å². The molecular formula is C23H19N3O4. The molecule has 0 bridgehead atoms. The van der Waals surface area contributed by atoms with Crippen LogP contribution in [0.1, 0.15) is 22.6 Å². The summed E-state index contributed by atoms with van der Waals surface area (Å²) >= 11 is 0. The van der Waals surface area contributed by atoms with E-state index in [1.807, 2.05) is 54.6 Å². The number of H-pyrrole nitrogens is 2. The minimum absolute atomic E-state index is 0.395. The number of hydrogen-bond donors (Lipinski definition) is 3. The predicted molar refractivity (Wildman–Crippen MR) is 115 cm³/mol. The first kappa shape index (κ1) is 18.1. The molecule has 1 aliphatic rings. The lowest BCUT2D eigenvalue weighted by Gasteiger charge is -2.30. The Balaban J connectivity index is 1.87. The molecule has 0 saturated heterocycles. The zero-order valence-corrected chi connectivity index (χ0v) is 16.4. The van der Waals surface area contributed by atoms with E-state index in [0.717, 1.165) is 27.6 Å². The van der Waals surface area contributed by atoms with Crippen molar-refractivity contribution in [2.45, 2.75) is 5.92 Å². The summed E-state index contributed by atoms with van der Waals surface area (Å²) in [7, 11) is 3.15. The van der Waals surface area contributed by atoms with E-state index in [2.05, 4.69) is 15.3 Å². The Morgan fingerprint density at radius 1 is 0.833 bits per heavy atom. The highest BCUT2D eigenvalue weighted by molar-refractivity contribution is 5.94. The zero-order valence-electron chi connectivity index (χ0n) is 16.4. The number of nitrogens with one attached hydrogen (secondary N) is 3. The van der Waals surface area contributed by atoms with Crippen molar-refractivity contribution in [3.8, 4) is 11.5 Å². The number of anilines is 2. The molecule has 0 amide bonds. The van der Waals surface area contributed by atoms with E-state index in [1.54, 1.807) is 14.2 Å². The van der Waals surface area contributed by atoms with Crippen LogP contribution in [0.4, 0.5) is 11.5 Å². The normalized spacial score (nSPS) is 14.5. The van der Waals surface area contributed by atoms with Gasteiger partial charge in [0.1, 0.15) is 5.82 Å². The van der Waals surface area contributed by atoms with E-state index < -0.39 is 17.2 Å². The van der Waals surface area contributed by atoms with Crippen molar-refractivity contribution in [3.05, 3.63) is 92.1 Å². The van der Waals surface area contributed by atoms with Crippen LogP contribution in [0, 0.1) is 0 Å². The van der Waals surface area contributed by atoms with Crippen LogP contribution in [0.5, 0.6) is 11.5 Å². The molecule has 0 fully saturated rings. The molecule has 0 saturated carbocycles. The molecule has 1 aromatic heterocycles. The molecule has 4 aromatic rings. The Labute approximate surface area is 171 Å². The number of fused-ring (bicyclic) bond motifs is 4. The molecule has 3 N–H and O–H groups in total. The summed E-state index contributed by atoms with van der Waals surface area (Å²) in [6.07, 6.45) is 0. The van der Waals surface area contributed by atoms with Crippen molar-refractivity contribution in [3.63, 3.8) is 0 Å². The number of benzene rings is 3. The number of hydrogen-bond acceptors (Lipinski definition) is 5. The lowest BCUT2D eigenvalue weighted by molar-refractivity contribution is 0.354. The van der Waals surface area contributed by atoms with Crippen molar-refractivity contribution in [2.75, 3.05) is 19.5 Å². The summed E-state index contributed by atoms with van der Waals surface area (Å²) in [5, 5.41) is 5.32. The van der Waals surface area contributed by atoms with Gasteiger partial charge >= 0.3 is 5.69 Å². The fourth-order valence-electron chi connectivity index (χ4n) is 4.23. The zero-order chi connectivity index (χ0) is 20.8. The minimum atomic E-state index is -0.554. The second kappa shape index (κ2) is 6.81. The summed E-state index contributed by atoms with van der Waals surface area (Å²) in [4.78, 5) is 29.9. The first-order valence-electron chi connectivity index (χ1n) is 9.48. The van der Waals surface area contributed by atoms with Gasteiger partial charge in [0.25, 0.3) is 5.56 Å². The molecule has 30 heavy (non-hydrogen) atoms. The van der Waals surface area contributed by atoms with Gasteiger partial charge in [-0.1, -0.05) is 36.4 Å². The molecule has 3 aromatic carbocycles. The summed E-state index contributed by atoms with van der Waals surface area (Å²) in [6, 6.07) is 17.6. The number of methoxy groups -OCH3 is 2. The van der Waals surface area contributed by atoms with Crippen LogP contribution < -0.4 is 26.0 Å². The first-order chi connectivity index (χ1) is 14.6. The summed E-state index contributed by atoms with van der Waals surface area (Å²) in [5.74, 6) is 1.15. The highest BCUT2D eigenvalue weighted by Gasteiger charge is 2.32. The maximum atomic E-state index is 12.9. The lowest BCUT2D eigenvalue weighted by atomic mass is 9.80. The first-order valence-corrected chi connectivity index (χ1v) is 9.48. The van der Waals surface area contributed by atoms with Gasteiger partial charge in [-0.15, -0.1) is 0 Å². The van der Waals surface area contributed by atoms with E-state index in [4.69, 9.17) is 9.47 Å². The van der Waals surface area contributed by atoms with Crippen LogP contribution in [0.25, 0.3) is 10.8 Å². The van der Waals surface area contributed by atoms with Crippen LogP contribution in [0.3, 0.4) is 0 Å². The van der Waals surface area contributed by atoms with Gasteiger partial charge in [0, 0.05) is 11.6 Å². The molecule has 2 heterocycles. The Morgan fingerprint density at radius 2 is 1.63 bits per heavy atom. The quantitative estimate of drug-likeness (QED) is 0.430. The van der Waals surface area contributed by atoms with Crippen molar-refractivity contribution < 1.29 is 9.47 Å². The average molecular weight is 401 g/mol. The van der Waals surface area contributed by atoms with Crippen molar-refractivity contribution in [2.24, 2.45) is 0 Å². The molecular weight excluding hydrogens is 382 g/mol. The molecule has 150 valence electrons. The average Bonchev–Trinajstić information content (AvgIpc) is 2.76. The highest BCUT2D eigenvalue weighted by atomic mass is 16.5. The van der Waals surface area contributed by atoms with Gasteiger partial charge in [-0.25, -0.2) is 4.79 Å².